The quantitative estimate of drug-likeness (QED) is 0.871. The van der Waals surface area contributed by atoms with Crippen molar-refractivity contribution in [1.82, 2.24) is 10.2 Å². The molecule has 5 nitrogen and oxygen atoms in total. The molecule has 1 fully saturated rings. The van der Waals surface area contributed by atoms with Gasteiger partial charge >= 0.3 is 0 Å². The van der Waals surface area contributed by atoms with Crippen molar-refractivity contribution in [3.63, 3.8) is 0 Å². The van der Waals surface area contributed by atoms with Crippen LogP contribution in [-0.2, 0) is 4.79 Å². The Kier molecular flexibility index (Phi) is 3.16. The summed E-state index contributed by atoms with van der Waals surface area (Å²) < 4.78 is 19.2. The molecule has 1 unspecified atom stereocenters. The fourth-order valence-electron chi connectivity index (χ4n) is 2.60. The molecule has 1 saturated heterocycles. The van der Waals surface area contributed by atoms with Crippen molar-refractivity contribution in [2.75, 3.05) is 13.1 Å². The van der Waals surface area contributed by atoms with E-state index in [4.69, 9.17) is 4.42 Å². The van der Waals surface area contributed by atoms with E-state index in [1.165, 1.54) is 11.0 Å². The first-order chi connectivity index (χ1) is 10.0. The number of amides is 2. The lowest BCUT2D eigenvalue weighted by Gasteiger charge is -2.32. The molecule has 2 amide bonds. The second-order valence-corrected chi connectivity index (χ2v) is 5.14. The SMILES string of the molecule is Cc1c(C(=O)N2CCNC(=O)C2C)oc2c(F)cccc12. The van der Waals surface area contributed by atoms with Crippen LogP contribution in [0.25, 0.3) is 11.0 Å². The van der Waals surface area contributed by atoms with Crippen molar-refractivity contribution in [2.45, 2.75) is 19.9 Å². The zero-order chi connectivity index (χ0) is 15.1. The van der Waals surface area contributed by atoms with Gasteiger partial charge in [-0.3, -0.25) is 9.59 Å². The van der Waals surface area contributed by atoms with E-state index in [0.717, 1.165) is 0 Å². The van der Waals surface area contributed by atoms with Crippen LogP contribution in [0.3, 0.4) is 0 Å². The summed E-state index contributed by atoms with van der Waals surface area (Å²) in [6, 6.07) is 4.01. The molecule has 6 heteroatoms. The number of hydrogen-bond donors (Lipinski definition) is 1. The highest BCUT2D eigenvalue weighted by Gasteiger charge is 2.33. The third-order valence-corrected chi connectivity index (χ3v) is 3.87. The number of fused-ring (bicyclic) bond motifs is 1. The third kappa shape index (κ3) is 2.07. The number of piperazine rings is 1. The number of carbonyl (C=O) groups is 2. The number of benzene rings is 1. The predicted octanol–water partition coefficient (Wildman–Crippen LogP) is 1.84. The molecule has 110 valence electrons. The van der Waals surface area contributed by atoms with Crippen molar-refractivity contribution in [1.29, 1.82) is 0 Å². The Labute approximate surface area is 120 Å². The molecule has 1 atom stereocenters. The Bertz CT molecular complexity index is 738. The molecule has 21 heavy (non-hydrogen) atoms. The van der Waals surface area contributed by atoms with Crippen LogP contribution in [0.15, 0.2) is 22.6 Å². The minimum atomic E-state index is -0.566. The molecule has 3 rings (SSSR count). The lowest BCUT2D eigenvalue weighted by molar-refractivity contribution is -0.127. The van der Waals surface area contributed by atoms with Gasteiger partial charge in [-0.15, -0.1) is 0 Å². The number of nitrogens with zero attached hydrogens (tertiary/aromatic N) is 1. The molecule has 1 aliphatic rings. The lowest BCUT2D eigenvalue weighted by Crippen LogP contribution is -2.55. The van der Waals surface area contributed by atoms with E-state index in [9.17, 15) is 14.0 Å². The fraction of sp³-hybridized carbons (Fsp3) is 0.333. The van der Waals surface area contributed by atoms with E-state index < -0.39 is 11.9 Å². The molecular formula is C15H15FN2O3. The normalized spacial score (nSPS) is 18.9. The maximum Gasteiger partial charge on any atom is 0.290 e. The zero-order valence-electron chi connectivity index (χ0n) is 11.8. The summed E-state index contributed by atoms with van der Waals surface area (Å²) >= 11 is 0. The Balaban J connectivity index is 2.04. The monoisotopic (exact) mass is 290 g/mol. The van der Waals surface area contributed by atoms with Gasteiger partial charge in [-0.2, -0.15) is 0 Å². The highest BCUT2D eigenvalue weighted by molar-refractivity contribution is 6.01. The molecule has 0 saturated carbocycles. The van der Waals surface area contributed by atoms with Gasteiger partial charge in [0.25, 0.3) is 5.91 Å². The van der Waals surface area contributed by atoms with Crippen molar-refractivity contribution in [2.24, 2.45) is 0 Å². The van der Waals surface area contributed by atoms with Crippen LogP contribution in [0.4, 0.5) is 4.39 Å². The molecule has 0 aliphatic carbocycles. The highest BCUT2D eigenvalue weighted by atomic mass is 19.1. The average molecular weight is 290 g/mol. The Hall–Kier alpha value is -2.37. The number of carbonyl (C=O) groups excluding carboxylic acids is 2. The molecule has 2 heterocycles. The van der Waals surface area contributed by atoms with Crippen LogP contribution in [0.5, 0.6) is 0 Å². The molecule has 1 aromatic carbocycles. The van der Waals surface area contributed by atoms with Crippen LogP contribution in [-0.4, -0.2) is 35.8 Å². The second-order valence-electron chi connectivity index (χ2n) is 5.14. The summed E-state index contributed by atoms with van der Waals surface area (Å²) in [6.45, 7) is 4.19. The average Bonchev–Trinajstić information content (AvgIpc) is 2.80. The summed E-state index contributed by atoms with van der Waals surface area (Å²) in [5.74, 6) is -0.990. The molecule has 0 bridgehead atoms. The maximum absolute atomic E-state index is 13.7. The van der Waals surface area contributed by atoms with Gasteiger partial charge in [0.05, 0.1) is 0 Å². The van der Waals surface area contributed by atoms with E-state index in [1.54, 1.807) is 26.0 Å². The van der Waals surface area contributed by atoms with E-state index in [2.05, 4.69) is 5.32 Å². The van der Waals surface area contributed by atoms with Crippen LogP contribution < -0.4 is 5.32 Å². The van der Waals surface area contributed by atoms with Gasteiger partial charge in [-0.1, -0.05) is 12.1 Å². The predicted molar refractivity (Wildman–Crippen MR) is 74.4 cm³/mol. The molecule has 2 aromatic rings. The minimum absolute atomic E-state index is 0.0764. The largest absolute Gasteiger partial charge is 0.448 e. The number of hydrogen-bond acceptors (Lipinski definition) is 3. The van der Waals surface area contributed by atoms with Gasteiger partial charge in [0.2, 0.25) is 5.91 Å². The van der Waals surface area contributed by atoms with Gasteiger partial charge in [0.15, 0.2) is 17.2 Å². The molecular weight excluding hydrogens is 275 g/mol. The van der Waals surface area contributed by atoms with Crippen LogP contribution in [0.1, 0.15) is 23.0 Å². The van der Waals surface area contributed by atoms with Gasteiger partial charge < -0.3 is 14.6 Å². The van der Waals surface area contributed by atoms with Gasteiger partial charge in [-0.05, 0) is 19.9 Å². The second kappa shape index (κ2) is 4.87. The Morgan fingerprint density at radius 2 is 2.24 bits per heavy atom. The molecule has 0 spiro atoms. The first kappa shape index (κ1) is 13.6. The summed E-state index contributed by atoms with van der Waals surface area (Å²) in [5.41, 5.74) is 0.667. The third-order valence-electron chi connectivity index (χ3n) is 3.87. The fourth-order valence-corrected chi connectivity index (χ4v) is 2.60. The Morgan fingerprint density at radius 1 is 1.48 bits per heavy atom. The number of para-hydroxylation sites is 1. The minimum Gasteiger partial charge on any atom is -0.448 e. The first-order valence-electron chi connectivity index (χ1n) is 6.77. The number of rotatable bonds is 1. The summed E-state index contributed by atoms with van der Waals surface area (Å²) in [4.78, 5) is 25.7. The van der Waals surface area contributed by atoms with Gasteiger partial charge in [0.1, 0.15) is 6.04 Å². The molecule has 1 N–H and O–H groups in total. The van der Waals surface area contributed by atoms with Crippen molar-refractivity contribution >= 4 is 22.8 Å². The molecule has 1 aromatic heterocycles. The van der Waals surface area contributed by atoms with Crippen LogP contribution in [0, 0.1) is 12.7 Å². The smallest absolute Gasteiger partial charge is 0.290 e. The van der Waals surface area contributed by atoms with Crippen molar-refractivity contribution in [3.8, 4) is 0 Å². The molecule has 1 aliphatic heterocycles. The zero-order valence-corrected chi connectivity index (χ0v) is 11.8. The number of halogens is 1. The van der Waals surface area contributed by atoms with Gasteiger partial charge in [0, 0.05) is 24.0 Å². The highest BCUT2D eigenvalue weighted by Crippen LogP contribution is 2.28. The Morgan fingerprint density at radius 3 is 2.95 bits per heavy atom. The lowest BCUT2D eigenvalue weighted by atomic mass is 10.1. The van der Waals surface area contributed by atoms with Gasteiger partial charge in [-0.25, -0.2) is 4.39 Å². The van der Waals surface area contributed by atoms with E-state index >= 15 is 0 Å². The molecule has 0 radical (unpaired) electrons. The first-order valence-corrected chi connectivity index (χ1v) is 6.77. The maximum atomic E-state index is 13.7. The summed E-state index contributed by atoms with van der Waals surface area (Å²) in [7, 11) is 0. The van der Waals surface area contributed by atoms with E-state index in [1.807, 2.05) is 0 Å². The topological polar surface area (TPSA) is 62.6 Å². The van der Waals surface area contributed by atoms with Crippen LogP contribution in [0.2, 0.25) is 0 Å². The van der Waals surface area contributed by atoms with Crippen LogP contribution >= 0.6 is 0 Å². The van der Waals surface area contributed by atoms with E-state index in [-0.39, 0.29) is 23.2 Å². The summed E-state index contributed by atoms with van der Waals surface area (Å²) in [5, 5.41) is 3.27. The van der Waals surface area contributed by atoms with Crippen molar-refractivity contribution < 1.29 is 18.4 Å². The summed E-state index contributed by atoms with van der Waals surface area (Å²) in [6.07, 6.45) is 0. The van der Waals surface area contributed by atoms with E-state index in [0.29, 0.717) is 24.0 Å². The standard InChI is InChI=1S/C15H15FN2O3/c1-8-10-4-3-5-11(16)13(10)21-12(8)15(20)18-7-6-17-14(19)9(18)2/h3-5,9H,6-7H2,1-2H3,(H,17,19). The number of aryl methyl sites for hydroxylation is 1. The number of furan rings is 1. The number of nitrogens with one attached hydrogen (secondary N) is 1. The van der Waals surface area contributed by atoms with Crippen molar-refractivity contribution in [3.05, 3.63) is 35.3 Å².